The van der Waals surface area contributed by atoms with Crippen LogP contribution < -0.4 is 4.90 Å². The van der Waals surface area contributed by atoms with E-state index in [2.05, 4.69) is 4.90 Å². The van der Waals surface area contributed by atoms with Crippen molar-refractivity contribution in [3.63, 3.8) is 0 Å². The summed E-state index contributed by atoms with van der Waals surface area (Å²) in [5.41, 5.74) is 0.940. The Bertz CT molecular complexity index is 556. The summed E-state index contributed by atoms with van der Waals surface area (Å²) in [6.07, 6.45) is 0. The van der Waals surface area contributed by atoms with Crippen LogP contribution in [0.2, 0.25) is 0 Å². The fourth-order valence-corrected chi connectivity index (χ4v) is 2.50. The number of hydrogen-bond acceptors (Lipinski definition) is 4. The maximum atomic E-state index is 12.9. The molecule has 1 fully saturated rings. The lowest BCUT2D eigenvalue weighted by atomic mass is 10.2. The van der Waals surface area contributed by atoms with E-state index in [0.29, 0.717) is 26.2 Å². The molecule has 0 spiro atoms. The van der Waals surface area contributed by atoms with Crippen LogP contribution in [-0.2, 0) is 9.59 Å². The van der Waals surface area contributed by atoms with Gasteiger partial charge in [-0.05, 0) is 38.2 Å². The molecule has 0 radical (unpaired) electrons. The molecule has 6 nitrogen and oxygen atoms in total. The summed E-state index contributed by atoms with van der Waals surface area (Å²) in [5.74, 6) is -1.28. The third kappa shape index (κ3) is 4.41. The molecule has 1 heterocycles. The van der Waals surface area contributed by atoms with Crippen molar-refractivity contribution in [2.75, 3.05) is 44.7 Å². The van der Waals surface area contributed by atoms with Gasteiger partial charge in [0.1, 0.15) is 11.9 Å². The molecule has 1 amide bonds. The molecule has 1 aromatic carbocycles. The zero-order chi connectivity index (χ0) is 17.0. The molecule has 2 rings (SSSR count). The van der Waals surface area contributed by atoms with E-state index in [1.54, 1.807) is 31.0 Å². The molecular weight excluding hydrogens is 301 g/mol. The van der Waals surface area contributed by atoms with E-state index in [9.17, 15) is 14.0 Å². The second-order valence-corrected chi connectivity index (χ2v) is 5.77. The van der Waals surface area contributed by atoms with Gasteiger partial charge in [0.05, 0.1) is 6.54 Å². The van der Waals surface area contributed by atoms with Crippen molar-refractivity contribution in [3.8, 4) is 0 Å². The lowest BCUT2D eigenvalue weighted by molar-refractivity contribution is -0.143. The first-order valence-electron chi connectivity index (χ1n) is 7.60. The monoisotopic (exact) mass is 323 g/mol. The Morgan fingerprint density at radius 1 is 1.22 bits per heavy atom. The number of hydrogen-bond donors (Lipinski definition) is 1. The number of carbonyl (C=O) groups is 2. The van der Waals surface area contributed by atoms with Gasteiger partial charge in [-0.1, -0.05) is 0 Å². The maximum absolute atomic E-state index is 12.9. The van der Waals surface area contributed by atoms with Crippen molar-refractivity contribution in [2.24, 2.45) is 0 Å². The molecular formula is C16H22FN3O3. The van der Waals surface area contributed by atoms with E-state index in [0.717, 1.165) is 5.69 Å². The van der Waals surface area contributed by atoms with Crippen molar-refractivity contribution >= 4 is 17.6 Å². The average Bonchev–Trinajstić information content (AvgIpc) is 2.54. The normalized spacial score (nSPS) is 16.5. The number of halogens is 1. The zero-order valence-corrected chi connectivity index (χ0v) is 13.4. The van der Waals surface area contributed by atoms with E-state index < -0.39 is 12.0 Å². The molecule has 23 heavy (non-hydrogen) atoms. The smallest absolute Gasteiger partial charge is 0.320 e. The number of aliphatic carboxylic acids is 1. The second-order valence-electron chi connectivity index (χ2n) is 5.77. The van der Waals surface area contributed by atoms with E-state index >= 15 is 0 Å². The summed E-state index contributed by atoms with van der Waals surface area (Å²) in [4.78, 5) is 28.5. The first-order valence-corrected chi connectivity index (χ1v) is 7.60. The minimum atomic E-state index is -0.943. The predicted molar refractivity (Wildman–Crippen MR) is 84.9 cm³/mol. The molecule has 1 N–H and O–H groups in total. The molecule has 0 aliphatic carbocycles. The van der Waals surface area contributed by atoms with Crippen molar-refractivity contribution in [1.29, 1.82) is 0 Å². The maximum Gasteiger partial charge on any atom is 0.320 e. The van der Waals surface area contributed by atoms with Gasteiger partial charge in [0.2, 0.25) is 5.91 Å². The number of benzene rings is 1. The van der Waals surface area contributed by atoms with Crippen LogP contribution in [0, 0.1) is 5.82 Å². The number of anilines is 1. The van der Waals surface area contributed by atoms with Gasteiger partial charge in [-0.3, -0.25) is 14.5 Å². The van der Waals surface area contributed by atoms with Gasteiger partial charge in [-0.2, -0.15) is 0 Å². The highest BCUT2D eigenvalue weighted by molar-refractivity contribution is 5.80. The van der Waals surface area contributed by atoms with Gasteiger partial charge in [-0.25, -0.2) is 4.39 Å². The van der Waals surface area contributed by atoms with E-state index in [1.165, 1.54) is 17.0 Å². The van der Waals surface area contributed by atoms with Crippen molar-refractivity contribution < 1.29 is 19.1 Å². The molecule has 126 valence electrons. The van der Waals surface area contributed by atoms with E-state index in [4.69, 9.17) is 5.11 Å². The number of carbonyl (C=O) groups excluding carboxylic acids is 1. The van der Waals surface area contributed by atoms with Crippen LogP contribution >= 0.6 is 0 Å². The Morgan fingerprint density at radius 2 is 1.78 bits per heavy atom. The summed E-state index contributed by atoms with van der Waals surface area (Å²) in [7, 11) is 1.63. The Hall–Kier alpha value is -2.15. The molecule has 0 aromatic heterocycles. The Labute approximate surface area is 135 Å². The summed E-state index contributed by atoms with van der Waals surface area (Å²) < 4.78 is 12.9. The number of nitrogens with zero attached hydrogens (tertiary/aromatic N) is 3. The van der Waals surface area contributed by atoms with Crippen LogP contribution in [-0.4, -0.2) is 72.6 Å². The van der Waals surface area contributed by atoms with Gasteiger partial charge >= 0.3 is 5.97 Å². The van der Waals surface area contributed by atoms with Crippen molar-refractivity contribution in [3.05, 3.63) is 30.1 Å². The van der Waals surface area contributed by atoms with Crippen LogP contribution in [0.25, 0.3) is 0 Å². The highest BCUT2D eigenvalue weighted by atomic mass is 19.1. The Balaban J connectivity index is 1.85. The minimum absolute atomic E-state index is 0.0700. The Morgan fingerprint density at radius 3 is 2.30 bits per heavy atom. The van der Waals surface area contributed by atoms with Crippen molar-refractivity contribution in [1.82, 2.24) is 9.80 Å². The largest absolute Gasteiger partial charge is 0.480 e. The number of rotatable bonds is 5. The van der Waals surface area contributed by atoms with Crippen LogP contribution in [0.1, 0.15) is 6.92 Å². The molecule has 1 atom stereocenters. The topological polar surface area (TPSA) is 64.1 Å². The number of carboxylic acids is 1. The molecule has 7 heteroatoms. The van der Waals surface area contributed by atoms with Gasteiger partial charge < -0.3 is 14.9 Å². The van der Waals surface area contributed by atoms with E-state index in [-0.39, 0.29) is 18.3 Å². The highest BCUT2D eigenvalue weighted by Crippen LogP contribution is 2.17. The highest BCUT2D eigenvalue weighted by Gasteiger charge is 2.25. The molecule has 1 aliphatic heterocycles. The second kappa shape index (κ2) is 7.41. The van der Waals surface area contributed by atoms with Gasteiger partial charge in [0.25, 0.3) is 0 Å². The van der Waals surface area contributed by atoms with E-state index in [1.807, 2.05) is 0 Å². The quantitative estimate of drug-likeness (QED) is 0.871. The number of amides is 1. The standard InChI is InChI=1S/C16H22FN3O3/c1-12(16(22)23)18(2)11-15(21)20-9-7-19(8-10-20)14-5-3-13(17)4-6-14/h3-6,12H,7-11H2,1-2H3,(H,22,23). The fourth-order valence-electron chi connectivity index (χ4n) is 2.50. The first-order chi connectivity index (χ1) is 10.9. The molecule has 1 aromatic rings. The zero-order valence-electron chi connectivity index (χ0n) is 13.4. The molecule has 0 bridgehead atoms. The van der Waals surface area contributed by atoms with Gasteiger partial charge in [-0.15, -0.1) is 0 Å². The molecule has 0 saturated carbocycles. The van der Waals surface area contributed by atoms with Gasteiger partial charge in [0, 0.05) is 31.9 Å². The summed E-state index contributed by atoms with van der Waals surface area (Å²) >= 11 is 0. The van der Waals surface area contributed by atoms with Crippen molar-refractivity contribution in [2.45, 2.75) is 13.0 Å². The molecule has 1 saturated heterocycles. The summed E-state index contributed by atoms with van der Waals surface area (Å²) in [6.45, 7) is 4.15. The molecule has 1 unspecified atom stereocenters. The van der Waals surface area contributed by atoms with Crippen LogP contribution in [0.15, 0.2) is 24.3 Å². The lowest BCUT2D eigenvalue weighted by Crippen LogP contribution is -2.52. The minimum Gasteiger partial charge on any atom is -0.480 e. The SMILES string of the molecule is CC(C(=O)O)N(C)CC(=O)N1CCN(c2ccc(F)cc2)CC1. The number of piperazine rings is 1. The summed E-state index contributed by atoms with van der Waals surface area (Å²) in [5, 5.41) is 8.96. The van der Waals surface area contributed by atoms with Crippen LogP contribution in [0.5, 0.6) is 0 Å². The van der Waals surface area contributed by atoms with Crippen LogP contribution in [0.4, 0.5) is 10.1 Å². The number of likely N-dealkylation sites (N-methyl/N-ethyl adjacent to an activating group) is 1. The first kappa shape index (κ1) is 17.2. The Kier molecular flexibility index (Phi) is 5.54. The average molecular weight is 323 g/mol. The third-order valence-electron chi connectivity index (χ3n) is 4.23. The lowest BCUT2D eigenvalue weighted by Gasteiger charge is -2.37. The fraction of sp³-hybridized carbons (Fsp3) is 0.500. The number of carboxylic acid groups (broad SMARTS) is 1. The predicted octanol–water partition coefficient (Wildman–Crippen LogP) is 0.879. The molecule has 1 aliphatic rings. The third-order valence-corrected chi connectivity index (χ3v) is 4.23. The van der Waals surface area contributed by atoms with Crippen LogP contribution in [0.3, 0.4) is 0 Å². The summed E-state index contributed by atoms with van der Waals surface area (Å²) in [6, 6.07) is 5.62. The van der Waals surface area contributed by atoms with Gasteiger partial charge in [0.15, 0.2) is 0 Å².